The number of carbonyl (C=O) groups excluding carboxylic acids is 1. The zero-order valence-corrected chi connectivity index (χ0v) is 11.8. The SMILES string of the molecule is Cc1cc(C(C)c2ccc3nccc(C(N)=O)c3c2)on1. The van der Waals surface area contributed by atoms with Gasteiger partial charge in [-0.15, -0.1) is 0 Å². The van der Waals surface area contributed by atoms with Crippen LogP contribution >= 0.6 is 0 Å². The van der Waals surface area contributed by atoms with Crippen molar-refractivity contribution in [2.45, 2.75) is 19.8 Å². The van der Waals surface area contributed by atoms with Crippen LogP contribution in [0.5, 0.6) is 0 Å². The lowest BCUT2D eigenvalue weighted by molar-refractivity contribution is 0.100. The van der Waals surface area contributed by atoms with Crippen molar-refractivity contribution in [3.05, 3.63) is 59.1 Å². The van der Waals surface area contributed by atoms with E-state index in [1.165, 1.54) is 0 Å². The minimum atomic E-state index is -0.456. The van der Waals surface area contributed by atoms with E-state index >= 15 is 0 Å². The summed E-state index contributed by atoms with van der Waals surface area (Å²) in [7, 11) is 0. The van der Waals surface area contributed by atoms with E-state index in [0.717, 1.165) is 27.9 Å². The summed E-state index contributed by atoms with van der Waals surface area (Å²) in [4.78, 5) is 15.8. The Balaban J connectivity index is 2.12. The second-order valence-electron chi connectivity index (χ2n) is 5.09. The molecule has 0 radical (unpaired) electrons. The number of amides is 1. The average molecular weight is 281 g/mol. The minimum Gasteiger partial charge on any atom is -0.366 e. The van der Waals surface area contributed by atoms with Gasteiger partial charge in [0.25, 0.3) is 0 Å². The summed E-state index contributed by atoms with van der Waals surface area (Å²) in [5.74, 6) is 0.371. The number of carbonyl (C=O) groups is 1. The van der Waals surface area contributed by atoms with Crippen LogP contribution in [0.15, 0.2) is 41.1 Å². The molecule has 0 fully saturated rings. The Kier molecular flexibility index (Phi) is 3.17. The second kappa shape index (κ2) is 5.01. The molecule has 1 aromatic carbocycles. The van der Waals surface area contributed by atoms with Crippen LogP contribution in [-0.4, -0.2) is 16.0 Å². The monoisotopic (exact) mass is 281 g/mol. The molecule has 0 saturated carbocycles. The topological polar surface area (TPSA) is 82.0 Å². The molecule has 106 valence electrons. The van der Waals surface area contributed by atoms with E-state index in [2.05, 4.69) is 10.1 Å². The number of rotatable bonds is 3. The largest absolute Gasteiger partial charge is 0.366 e. The van der Waals surface area contributed by atoms with Crippen molar-refractivity contribution in [3.63, 3.8) is 0 Å². The van der Waals surface area contributed by atoms with Crippen LogP contribution in [0.1, 0.15) is 40.2 Å². The predicted molar refractivity (Wildman–Crippen MR) is 79.0 cm³/mol. The fourth-order valence-electron chi connectivity index (χ4n) is 2.40. The highest BCUT2D eigenvalue weighted by molar-refractivity contribution is 6.05. The average Bonchev–Trinajstić information content (AvgIpc) is 2.91. The molecule has 3 rings (SSSR count). The van der Waals surface area contributed by atoms with Crippen LogP contribution in [0.25, 0.3) is 10.9 Å². The molecule has 1 amide bonds. The number of hydrogen-bond donors (Lipinski definition) is 1. The van der Waals surface area contributed by atoms with Gasteiger partial charge in [-0.25, -0.2) is 0 Å². The predicted octanol–water partition coefficient (Wildman–Crippen LogP) is 2.78. The number of benzene rings is 1. The lowest BCUT2D eigenvalue weighted by Crippen LogP contribution is -2.11. The van der Waals surface area contributed by atoms with Crippen LogP contribution in [-0.2, 0) is 0 Å². The quantitative estimate of drug-likeness (QED) is 0.800. The Hall–Kier alpha value is -2.69. The maximum absolute atomic E-state index is 11.5. The van der Waals surface area contributed by atoms with E-state index in [1.807, 2.05) is 38.1 Å². The third kappa shape index (κ3) is 2.38. The molecule has 1 atom stereocenters. The molecular weight excluding hydrogens is 266 g/mol. The summed E-state index contributed by atoms with van der Waals surface area (Å²) in [5, 5.41) is 4.67. The molecule has 0 bridgehead atoms. The molecule has 5 nitrogen and oxygen atoms in total. The molecule has 0 aliphatic heterocycles. The first-order chi connectivity index (χ1) is 10.1. The Morgan fingerprint density at radius 2 is 2.10 bits per heavy atom. The van der Waals surface area contributed by atoms with Crippen molar-refractivity contribution in [3.8, 4) is 0 Å². The molecule has 0 spiro atoms. The number of aryl methyl sites for hydroxylation is 1. The molecule has 0 aliphatic rings. The van der Waals surface area contributed by atoms with Gasteiger partial charge < -0.3 is 10.3 Å². The molecule has 3 aromatic rings. The van der Waals surface area contributed by atoms with Gasteiger partial charge in [-0.3, -0.25) is 9.78 Å². The van der Waals surface area contributed by atoms with E-state index < -0.39 is 5.91 Å². The van der Waals surface area contributed by atoms with Crippen LogP contribution < -0.4 is 5.73 Å². The number of pyridine rings is 1. The van der Waals surface area contributed by atoms with Crippen LogP contribution in [0.2, 0.25) is 0 Å². The zero-order chi connectivity index (χ0) is 15.0. The summed E-state index contributed by atoms with van der Waals surface area (Å²) in [5.41, 5.74) is 8.51. The molecule has 0 saturated heterocycles. The third-order valence-corrected chi connectivity index (χ3v) is 3.60. The lowest BCUT2D eigenvalue weighted by atomic mass is 9.95. The molecule has 2 N–H and O–H groups in total. The van der Waals surface area contributed by atoms with Gasteiger partial charge in [0.05, 0.1) is 16.8 Å². The molecule has 2 aromatic heterocycles. The van der Waals surface area contributed by atoms with Crippen molar-refractivity contribution >= 4 is 16.8 Å². The Morgan fingerprint density at radius 1 is 1.29 bits per heavy atom. The van der Waals surface area contributed by atoms with Gasteiger partial charge in [0.2, 0.25) is 5.91 Å². The van der Waals surface area contributed by atoms with Gasteiger partial charge in [0.15, 0.2) is 0 Å². The first-order valence-corrected chi connectivity index (χ1v) is 6.68. The van der Waals surface area contributed by atoms with Crippen molar-refractivity contribution in [1.29, 1.82) is 0 Å². The van der Waals surface area contributed by atoms with E-state index in [1.54, 1.807) is 12.3 Å². The van der Waals surface area contributed by atoms with Crippen molar-refractivity contribution in [2.24, 2.45) is 5.73 Å². The van der Waals surface area contributed by atoms with Gasteiger partial charge in [-0.05, 0) is 30.7 Å². The van der Waals surface area contributed by atoms with Gasteiger partial charge >= 0.3 is 0 Å². The van der Waals surface area contributed by atoms with E-state index in [0.29, 0.717) is 5.56 Å². The second-order valence-corrected chi connectivity index (χ2v) is 5.09. The van der Waals surface area contributed by atoms with Gasteiger partial charge in [-0.2, -0.15) is 0 Å². The van der Waals surface area contributed by atoms with Crippen LogP contribution in [0, 0.1) is 6.92 Å². The smallest absolute Gasteiger partial charge is 0.249 e. The van der Waals surface area contributed by atoms with E-state index in [-0.39, 0.29) is 5.92 Å². The van der Waals surface area contributed by atoms with Crippen molar-refractivity contribution in [2.75, 3.05) is 0 Å². The van der Waals surface area contributed by atoms with Gasteiger partial charge in [0.1, 0.15) is 5.76 Å². The Labute approximate surface area is 121 Å². The number of fused-ring (bicyclic) bond motifs is 1. The lowest BCUT2D eigenvalue weighted by Gasteiger charge is -2.10. The molecule has 5 heteroatoms. The van der Waals surface area contributed by atoms with Crippen LogP contribution in [0.4, 0.5) is 0 Å². The molecular formula is C16H15N3O2. The number of nitrogens with two attached hydrogens (primary N) is 1. The zero-order valence-electron chi connectivity index (χ0n) is 11.8. The highest BCUT2D eigenvalue weighted by atomic mass is 16.5. The van der Waals surface area contributed by atoms with Crippen LogP contribution in [0.3, 0.4) is 0 Å². The van der Waals surface area contributed by atoms with Gasteiger partial charge in [0, 0.05) is 23.6 Å². The van der Waals surface area contributed by atoms with Crippen molar-refractivity contribution < 1.29 is 9.32 Å². The summed E-state index contributed by atoms with van der Waals surface area (Å²) in [6.45, 7) is 3.91. The Bertz CT molecular complexity index is 823. The summed E-state index contributed by atoms with van der Waals surface area (Å²) >= 11 is 0. The molecule has 1 unspecified atom stereocenters. The molecule has 2 heterocycles. The Morgan fingerprint density at radius 3 is 2.76 bits per heavy atom. The van der Waals surface area contributed by atoms with E-state index in [4.69, 9.17) is 10.3 Å². The maximum atomic E-state index is 11.5. The highest BCUT2D eigenvalue weighted by Crippen LogP contribution is 2.28. The van der Waals surface area contributed by atoms with Gasteiger partial charge in [-0.1, -0.05) is 18.1 Å². The number of aromatic nitrogens is 2. The third-order valence-electron chi connectivity index (χ3n) is 3.60. The van der Waals surface area contributed by atoms with E-state index in [9.17, 15) is 4.79 Å². The molecule has 21 heavy (non-hydrogen) atoms. The summed E-state index contributed by atoms with van der Waals surface area (Å²) in [6.07, 6.45) is 1.59. The fourth-order valence-corrected chi connectivity index (χ4v) is 2.40. The standard InChI is InChI=1S/C16H15N3O2/c1-9-7-15(21-19-9)10(2)11-3-4-14-13(8-11)12(16(17)20)5-6-18-14/h3-8,10H,1-2H3,(H2,17,20). The number of hydrogen-bond acceptors (Lipinski definition) is 4. The first-order valence-electron chi connectivity index (χ1n) is 6.68. The fraction of sp³-hybridized carbons (Fsp3) is 0.188. The normalized spacial score (nSPS) is 12.5. The van der Waals surface area contributed by atoms with Crippen molar-refractivity contribution in [1.82, 2.24) is 10.1 Å². The minimum absolute atomic E-state index is 0.0385. The molecule has 0 aliphatic carbocycles. The summed E-state index contributed by atoms with van der Waals surface area (Å²) in [6, 6.07) is 9.34. The summed E-state index contributed by atoms with van der Waals surface area (Å²) < 4.78 is 5.31. The number of nitrogens with zero attached hydrogens (tertiary/aromatic N) is 2. The number of primary amides is 1. The maximum Gasteiger partial charge on any atom is 0.249 e. The highest BCUT2D eigenvalue weighted by Gasteiger charge is 2.15. The first kappa shape index (κ1) is 13.3.